The van der Waals surface area contributed by atoms with Crippen LogP contribution in [0.25, 0.3) is 0 Å². The number of hydroxylamine groups is 1. The number of amides is 2. The summed E-state index contributed by atoms with van der Waals surface area (Å²) in [6, 6.07) is 0.134. The van der Waals surface area contributed by atoms with Crippen molar-refractivity contribution in [3.8, 4) is 0 Å². The second-order valence-corrected chi connectivity index (χ2v) is 4.26. The van der Waals surface area contributed by atoms with E-state index in [1.807, 2.05) is 13.8 Å². The van der Waals surface area contributed by atoms with Crippen LogP contribution in [0.1, 0.15) is 39.5 Å². The highest BCUT2D eigenvalue weighted by molar-refractivity contribution is 5.73. The van der Waals surface area contributed by atoms with Gasteiger partial charge in [0, 0.05) is 6.04 Å². The molecule has 0 aromatic rings. The number of carbonyl (C=O) groups excluding carboxylic acids is 1. The summed E-state index contributed by atoms with van der Waals surface area (Å²) in [6.07, 6.45) is 4.63. The van der Waals surface area contributed by atoms with E-state index in [2.05, 4.69) is 10.8 Å². The Hall–Kier alpha value is -0.770. The second-order valence-electron chi connectivity index (χ2n) is 4.26. The highest BCUT2D eigenvalue weighted by Crippen LogP contribution is 2.17. The van der Waals surface area contributed by atoms with Crippen molar-refractivity contribution >= 4 is 6.03 Å². The van der Waals surface area contributed by atoms with Gasteiger partial charge in [0.15, 0.2) is 0 Å². The Morgan fingerprint density at radius 3 is 2.64 bits per heavy atom. The van der Waals surface area contributed by atoms with E-state index in [1.165, 1.54) is 12.8 Å². The third-order valence-electron chi connectivity index (χ3n) is 2.27. The van der Waals surface area contributed by atoms with Crippen LogP contribution in [-0.4, -0.2) is 18.7 Å². The summed E-state index contributed by atoms with van der Waals surface area (Å²) in [5.41, 5.74) is 2.39. The first-order chi connectivity index (χ1) is 6.68. The molecule has 14 heavy (non-hydrogen) atoms. The fraction of sp³-hybridized carbons (Fsp3) is 0.900. The van der Waals surface area contributed by atoms with E-state index in [0.29, 0.717) is 18.6 Å². The van der Waals surface area contributed by atoms with Gasteiger partial charge in [-0.25, -0.2) is 10.3 Å². The summed E-state index contributed by atoms with van der Waals surface area (Å²) in [6.45, 7) is 4.63. The molecule has 0 unspecified atom stereocenters. The van der Waals surface area contributed by atoms with Crippen molar-refractivity contribution in [3.05, 3.63) is 0 Å². The number of carbonyl (C=O) groups is 1. The van der Waals surface area contributed by atoms with Crippen LogP contribution in [-0.2, 0) is 4.84 Å². The van der Waals surface area contributed by atoms with Crippen molar-refractivity contribution in [3.63, 3.8) is 0 Å². The average Bonchev–Trinajstić information content (AvgIpc) is 2.56. The SMILES string of the molecule is CC(C)CONC(=O)NC1CCCC1. The van der Waals surface area contributed by atoms with E-state index in [9.17, 15) is 4.79 Å². The van der Waals surface area contributed by atoms with Crippen molar-refractivity contribution in [1.29, 1.82) is 0 Å². The van der Waals surface area contributed by atoms with Crippen molar-refractivity contribution in [2.45, 2.75) is 45.6 Å². The summed E-state index contributed by atoms with van der Waals surface area (Å²) in [5, 5.41) is 2.88. The normalized spacial score (nSPS) is 17.4. The molecule has 0 atom stereocenters. The van der Waals surface area contributed by atoms with Crippen LogP contribution in [0.15, 0.2) is 0 Å². The van der Waals surface area contributed by atoms with Gasteiger partial charge in [0.05, 0.1) is 6.61 Å². The highest BCUT2D eigenvalue weighted by atomic mass is 16.7. The van der Waals surface area contributed by atoms with Gasteiger partial charge in [-0.3, -0.25) is 4.84 Å². The molecule has 2 amide bonds. The minimum atomic E-state index is -0.211. The lowest BCUT2D eigenvalue weighted by Gasteiger charge is -2.13. The van der Waals surface area contributed by atoms with Crippen LogP contribution in [0, 0.1) is 5.92 Å². The zero-order valence-corrected chi connectivity index (χ0v) is 9.01. The summed E-state index contributed by atoms with van der Waals surface area (Å²) in [5.74, 6) is 0.432. The second kappa shape index (κ2) is 5.86. The lowest BCUT2D eigenvalue weighted by molar-refractivity contribution is 0.0433. The van der Waals surface area contributed by atoms with E-state index in [0.717, 1.165) is 12.8 Å². The monoisotopic (exact) mass is 200 g/mol. The molecule has 1 saturated carbocycles. The van der Waals surface area contributed by atoms with Crippen LogP contribution in [0.5, 0.6) is 0 Å². The molecule has 1 aliphatic carbocycles. The van der Waals surface area contributed by atoms with Crippen LogP contribution in [0.2, 0.25) is 0 Å². The molecule has 4 nitrogen and oxygen atoms in total. The fourth-order valence-electron chi connectivity index (χ4n) is 1.56. The topological polar surface area (TPSA) is 50.4 Å². The Morgan fingerprint density at radius 1 is 1.43 bits per heavy atom. The van der Waals surface area contributed by atoms with Gasteiger partial charge in [0.2, 0.25) is 0 Å². The maximum absolute atomic E-state index is 11.2. The maximum Gasteiger partial charge on any atom is 0.338 e. The van der Waals surface area contributed by atoms with E-state index in [4.69, 9.17) is 4.84 Å². The van der Waals surface area contributed by atoms with Gasteiger partial charge in [-0.2, -0.15) is 0 Å². The largest absolute Gasteiger partial charge is 0.338 e. The van der Waals surface area contributed by atoms with Crippen LogP contribution in [0.4, 0.5) is 4.79 Å². The van der Waals surface area contributed by atoms with Crippen molar-refractivity contribution < 1.29 is 9.63 Å². The number of nitrogens with one attached hydrogen (secondary N) is 2. The van der Waals surface area contributed by atoms with Gasteiger partial charge in [0.25, 0.3) is 0 Å². The van der Waals surface area contributed by atoms with Gasteiger partial charge < -0.3 is 5.32 Å². The smallest absolute Gasteiger partial charge is 0.334 e. The first kappa shape index (κ1) is 11.3. The third-order valence-corrected chi connectivity index (χ3v) is 2.27. The number of rotatable bonds is 4. The highest BCUT2D eigenvalue weighted by Gasteiger charge is 2.16. The lowest BCUT2D eigenvalue weighted by Crippen LogP contribution is -2.41. The van der Waals surface area contributed by atoms with E-state index >= 15 is 0 Å². The molecule has 82 valence electrons. The third kappa shape index (κ3) is 4.46. The molecule has 0 spiro atoms. The van der Waals surface area contributed by atoms with E-state index in [-0.39, 0.29) is 6.03 Å². The number of hydrogen-bond donors (Lipinski definition) is 2. The van der Waals surface area contributed by atoms with Crippen molar-refractivity contribution in [1.82, 2.24) is 10.8 Å². The van der Waals surface area contributed by atoms with Crippen molar-refractivity contribution in [2.24, 2.45) is 5.92 Å². The molecule has 0 aromatic heterocycles. The van der Waals surface area contributed by atoms with E-state index in [1.54, 1.807) is 0 Å². The van der Waals surface area contributed by atoms with E-state index < -0.39 is 0 Å². The van der Waals surface area contributed by atoms with Crippen LogP contribution in [0.3, 0.4) is 0 Å². The Kier molecular flexibility index (Phi) is 4.73. The Morgan fingerprint density at radius 2 is 2.07 bits per heavy atom. The molecule has 1 rings (SSSR count). The average molecular weight is 200 g/mol. The quantitative estimate of drug-likeness (QED) is 0.680. The molecule has 4 heteroatoms. The first-order valence-electron chi connectivity index (χ1n) is 5.37. The molecule has 1 aliphatic rings. The summed E-state index contributed by atoms with van der Waals surface area (Å²) >= 11 is 0. The molecule has 0 aromatic carbocycles. The van der Waals surface area contributed by atoms with Gasteiger partial charge in [-0.1, -0.05) is 26.7 Å². The summed E-state index contributed by atoms with van der Waals surface area (Å²) in [4.78, 5) is 16.2. The minimum absolute atomic E-state index is 0.211. The first-order valence-corrected chi connectivity index (χ1v) is 5.37. The molecule has 0 heterocycles. The molecule has 2 N–H and O–H groups in total. The predicted molar refractivity (Wildman–Crippen MR) is 54.7 cm³/mol. The van der Waals surface area contributed by atoms with Crippen LogP contribution >= 0.6 is 0 Å². The maximum atomic E-state index is 11.2. The Bertz CT molecular complexity index is 177. The molecule has 0 radical (unpaired) electrons. The fourth-order valence-corrected chi connectivity index (χ4v) is 1.56. The Labute approximate surface area is 85.3 Å². The van der Waals surface area contributed by atoms with Crippen LogP contribution < -0.4 is 10.8 Å². The molecule has 0 saturated heterocycles. The lowest BCUT2D eigenvalue weighted by atomic mass is 10.2. The molecular weight excluding hydrogens is 180 g/mol. The van der Waals surface area contributed by atoms with Gasteiger partial charge >= 0.3 is 6.03 Å². The number of urea groups is 1. The summed E-state index contributed by atoms with van der Waals surface area (Å²) in [7, 11) is 0. The van der Waals surface area contributed by atoms with Crippen molar-refractivity contribution in [2.75, 3.05) is 6.61 Å². The molecule has 0 bridgehead atoms. The molecule has 1 fully saturated rings. The molecular formula is C10H20N2O2. The predicted octanol–water partition coefficient (Wildman–Crippen LogP) is 1.82. The Balaban J connectivity index is 2.03. The summed E-state index contributed by atoms with van der Waals surface area (Å²) < 4.78 is 0. The zero-order valence-electron chi connectivity index (χ0n) is 9.01. The molecule has 0 aliphatic heterocycles. The zero-order chi connectivity index (χ0) is 10.4. The van der Waals surface area contributed by atoms with Gasteiger partial charge in [-0.05, 0) is 18.8 Å². The standard InChI is InChI=1S/C10H20N2O2/c1-8(2)7-14-12-10(13)11-9-5-3-4-6-9/h8-9H,3-7H2,1-2H3,(H2,11,12,13). The van der Waals surface area contributed by atoms with Gasteiger partial charge in [-0.15, -0.1) is 0 Å². The minimum Gasteiger partial charge on any atom is -0.334 e. The number of hydrogen-bond acceptors (Lipinski definition) is 2. The van der Waals surface area contributed by atoms with Gasteiger partial charge in [0.1, 0.15) is 0 Å².